The number of anilines is 2. The van der Waals surface area contributed by atoms with Crippen molar-refractivity contribution in [3.63, 3.8) is 0 Å². The highest BCUT2D eigenvalue weighted by Crippen LogP contribution is 2.40. The maximum absolute atomic E-state index is 13.4. The fourth-order valence-corrected chi connectivity index (χ4v) is 5.94. The Balaban J connectivity index is 1.10. The molecule has 180 valence electrons. The van der Waals surface area contributed by atoms with E-state index >= 15 is 0 Å². The third-order valence-electron chi connectivity index (χ3n) is 6.65. The zero-order chi connectivity index (χ0) is 23.9. The van der Waals surface area contributed by atoms with Gasteiger partial charge in [0, 0.05) is 47.3 Å². The predicted octanol–water partition coefficient (Wildman–Crippen LogP) is 4.16. The molecular weight excluding hydrogens is 488 g/mol. The molecule has 0 radical (unpaired) electrons. The van der Waals surface area contributed by atoms with Crippen molar-refractivity contribution in [3.8, 4) is 11.5 Å². The summed E-state index contributed by atoms with van der Waals surface area (Å²) in [5.41, 5.74) is 2.39. The number of carbonyl (C=O) groups is 2. The maximum Gasteiger partial charge on any atom is 0.257 e. The molecule has 6 rings (SSSR count). The number of benzene rings is 2. The Bertz CT molecular complexity index is 1290. The molecule has 1 fully saturated rings. The van der Waals surface area contributed by atoms with Gasteiger partial charge < -0.3 is 19.3 Å². The molecule has 0 bridgehead atoms. The van der Waals surface area contributed by atoms with E-state index in [2.05, 4.69) is 15.2 Å². The van der Waals surface area contributed by atoms with Crippen LogP contribution in [-0.2, 0) is 11.2 Å². The van der Waals surface area contributed by atoms with Crippen LogP contribution in [0.5, 0.6) is 11.5 Å². The zero-order valence-corrected chi connectivity index (χ0v) is 20.4. The molecule has 1 aromatic heterocycles. The van der Waals surface area contributed by atoms with Crippen molar-refractivity contribution in [2.45, 2.75) is 18.8 Å². The van der Waals surface area contributed by atoms with Crippen LogP contribution < -0.4 is 19.7 Å². The lowest BCUT2D eigenvalue weighted by atomic mass is 10.1. The van der Waals surface area contributed by atoms with Gasteiger partial charge in [0.15, 0.2) is 16.6 Å². The zero-order valence-electron chi connectivity index (χ0n) is 18.8. The fourth-order valence-electron chi connectivity index (χ4n) is 4.79. The van der Waals surface area contributed by atoms with Gasteiger partial charge in [-0.3, -0.25) is 14.9 Å². The number of hydrogen-bond donors (Lipinski definition) is 1. The van der Waals surface area contributed by atoms with Gasteiger partial charge in [-0.1, -0.05) is 11.6 Å². The predicted molar refractivity (Wildman–Crippen MR) is 134 cm³/mol. The van der Waals surface area contributed by atoms with Crippen LogP contribution >= 0.6 is 22.9 Å². The van der Waals surface area contributed by atoms with Gasteiger partial charge in [0.2, 0.25) is 12.7 Å². The Hall–Kier alpha value is -3.30. The normalized spacial score (nSPS) is 18.5. The second-order valence-electron chi connectivity index (χ2n) is 8.73. The average Bonchev–Trinajstić information content (AvgIpc) is 3.59. The Morgan fingerprint density at radius 1 is 1.03 bits per heavy atom. The molecule has 2 aliphatic heterocycles. The third-order valence-corrected chi connectivity index (χ3v) is 7.95. The van der Waals surface area contributed by atoms with Crippen molar-refractivity contribution >= 4 is 45.6 Å². The SMILES string of the molecule is O=C(Nc1nc2c(s1)CCC2C(=O)N1CCN(c2ccc(Cl)cc2)CC1)c1ccc2c(c1)OCO2. The van der Waals surface area contributed by atoms with Gasteiger partial charge in [0.25, 0.3) is 5.91 Å². The summed E-state index contributed by atoms with van der Waals surface area (Å²) in [6, 6.07) is 12.9. The first kappa shape index (κ1) is 22.2. The largest absolute Gasteiger partial charge is 0.454 e. The number of aryl methyl sites for hydroxylation is 1. The molecule has 0 saturated carbocycles. The van der Waals surface area contributed by atoms with E-state index in [0.29, 0.717) is 40.3 Å². The second kappa shape index (κ2) is 9.05. The molecule has 2 amide bonds. The van der Waals surface area contributed by atoms with E-state index in [1.165, 1.54) is 11.3 Å². The van der Waals surface area contributed by atoms with E-state index in [9.17, 15) is 9.59 Å². The number of rotatable bonds is 4. The fraction of sp³-hybridized carbons (Fsp3) is 0.320. The van der Waals surface area contributed by atoms with Crippen LogP contribution in [0.2, 0.25) is 5.02 Å². The van der Waals surface area contributed by atoms with Gasteiger partial charge >= 0.3 is 0 Å². The van der Waals surface area contributed by atoms with Gasteiger partial charge in [-0.05, 0) is 55.3 Å². The van der Waals surface area contributed by atoms with E-state index in [1.807, 2.05) is 29.2 Å². The van der Waals surface area contributed by atoms with E-state index < -0.39 is 0 Å². The summed E-state index contributed by atoms with van der Waals surface area (Å²) in [7, 11) is 0. The molecule has 1 saturated heterocycles. The lowest BCUT2D eigenvalue weighted by Gasteiger charge is -2.37. The van der Waals surface area contributed by atoms with E-state index in [1.54, 1.807) is 18.2 Å². The number of thiazole rings is 1. The topological polar surface area (TPSA) is 84.0 Å². The Kier molecular flexibility index (Phi) is 5.74. The first-order valence-corrected chi connectivity index (χ1v) is 12.7. The Labute approximate surface area is 211 Å². The number of nitrogens with zero attached hydrogens (tertiary/aromatic N) is 3. The second-order valence-corrected chi connectivity index (χ2v) is 10.2. The quantitative estimate of drug-likeness (QED) is 0.567. The van der Waals surface area contributed by atoms with Crippen molar-refractivity contribution in [2.75, 3.05) is 43.2 Å². The molecule has 1 N–H and O–H groups in total. The minimum Gasteiger partial charge on any atom is -0.454 e. The van der Waals surface area contributed by atoms with Crippen molar-refractivity contribution in [2.24, 2.45) is 0 Å². The summed E-state index contributed by atoms with van der Waals surface area (Å²) in [5, 5.41) is 4.11. The molecule has 35 heavy (non-hydrogen) atoms. The van der Waals surface area contributed by atoms with Crippen molar-refractivity contribution < 1.29 is 19.1 Å². The van der Waals surface area contributed by atoms with E-state index in [4.69, 9.17) is 21.1 Å². The van der Waals surface area contributed by atoms with Crippen LogP contribution in [0.25, 0.3) is 0 Å². The highest BCUT2D eigenvalue weighted by Gasteiger charge is 2.36. The van der Waals surface area contributed by atoms with Crippen LogP contribution in [0, 0.1) is 0 Å². The summed E-state index contributed by atoms with van der Waals surface area (Å²) in [5.74, 6) is 0.793. The summed E-state index contributed by atoms with van der Waals surface area (Å²) in [6.07, 6.45) is 1.56. The average molecular weight is 511 g/mol. The summed E-state index contributed by atoms with van der Waals surface area (Å²) in [6.45, 7) is 3.06. The van der Waals surface area contributed by atoms with Crippen LogP contribution in [0.15, 0.2) is 42.5 Å². The summed E-state index contributed by atoms with van der Waals surface area (Å²) < 4.78 is 10.7. The number of amides is 2. The molecular formula is C25H23ClN4O4S. The molecule has 3 aromatic rings. The van der Waals surface area contributed by atoms with Crippen molar-refractivity contribution in [1.82, 2.24) is 9.88 Å². The minimum atomic E-state index is -0.267. The first-order valence-electron chi connectivity index (χ1n) is 11.5. The number of fused-ring (bicyclic) bond motifs is 2. The molecule has 8 nitrogen and oxygen atoms in total. The summed E-state index contributed by atoms with van der Waals surface area (Å²) in [4.78, 5) is 36.0. The van der Waals surface area contributed by atoms with Crippen molar-refractivity contribution in [1.29, 1.82) is 0 Å². The highest BCUT2D eigenvalue weighted by atomic mass is 35.5. The lowest BCUT2D eigenvalue weighted by molar-refractivity contribution is -0.133. The van der Waals surface area contributed by atoms with Gasteiger partial charge in [0.1, 0.15) is 0 Å². The molecule has 1 unspecified atom stereocenters. The monoisotopic (exact) mass is 510 g/mol. The number of hydrogen-bond acceptors (Lipinski definition) is 7. The molecule has 1 aliphatic carbocycles. The number of piperazine rings is 1. The molecule has 1 atom stereocenters. The Morgan fingerprint density at radius 2 is 1.80 bits per heavy atom. The van der Waals surface area contributed by atoms with Gasteiger partial charge in [0.05, 0.1) is 11.6 Å². The van der Waals surface area contributed by atoms with Gasteiger partial charge in [-0.2, -0.15) is 0 Å². The molecule has 10 heteroatoms. The number of aromatic nitrogens is 1. The van der Waals surface area contributed by atoms with Crippen LogP contribution in [0.1, 0.15) is 33.3 Å². The minimum absolute atomic E-state index is 0.124. The smallest absolute Gasteiger partial charge is 0.257 e. The van der Waals surface area contributed by atoms with Crippen LogP contribution in [0.4, 0.5) is 10.8 Å². The number of carbonyl (C=O) groups excluding carboxylic acids is 2. The van der Waals surface area contributed by atoms with Crippen LogP contribution in [-0.4, -0.2) is 54.7 Å². The standard InChI is InChI=1S/C25H23ClN4O4S/c26-16-2-4-17(5-3-16)29-9-11-30(12-10-29)24(32)18-6-8-21-22(18)27-25(35-21)28-23(31)15-1-7-19-20(13-15)34-14-33-19/h1-5,7,13,18H,6,8-12,14H2,(H,27,28,31). The van der Waals surface area contributed by atoms with Crippen molar-refractivity contribution in [3.05, 3.63) is 63.6 Å². The highest BCUT2D eigenvalue weighted by molar-refractivity contribution is 7.16. The number of halogens is 1. The molecule has 0 spiro atoms. The molecule has 2 aromatic carbocycles. The molecule has 3 aliphatic rings. The third kappa shape index (κ3) is 4.30. The van der Waals surface area contributed by atoms with E-state index in [-0.39, 0.29) is 24.5 Å². The van der Waals surface area contributed by atoms with E-state index in [0.717, 1.165) is 42.2 Å². The maximum atomic E-state index is 13.4. The Morgan fingerprint density at radius 3 is 2.60 bits per heavy atom. The van der Waals surface area contributed by atoms with Crippen LogP contribution in [0.3, 0.4) is 0 Å². The van der Waals surface area contributed by atoms with Gasteiger partial charge in [-0.25, -0.2) is 4.98 Å². The molecule has 3 heterocycles. The lowest BCUT2D eigenvalue weighted by Crippen LogP contribution is -2.50. The first-order chi connectivity index (χ1) is 17.0. The summed E-state index contributed by atoms with van der Waals surface area (Å²) >= 11 is 7.45. The van der Waals surface area contributed by atoms with Gasteiger partial charge in [-0.15, -0.1) is 11.3 Å². The number of ether oxygens (including phenoxy) is 2. The number of nitrogens with one attached hydrogen (secondary N) is 1.